The van der Waals surface area contributed by atoms with E-state index in [9.17, 15) is 9.59 Å². The van der Waals surface area contributed by atoms with E-state index >= 15 is 0 Å². The molecule has 3 N–H and O–H groups in total. The molecule has 0 aliphatic rings. The molecule has 0 spiro atoms. The average Bonchev–Trinajstić information content (AvgIpc) is 2.27. The topological polar surface area (TPSA) is 98.0 Å². The highest BCUT2D eigenvalue weighted by atomic mass is 32.2. The number of hydrogen-bond acceptors (Lipinski definition) is 6. The summed E-state index contributed by atoms with van der Waals surface area (Å²) in [5.74, 6) is -0.240. The SMILES string of the molecule is CNC(=O)/C(=C/c1ccnc(N)n1)SC=O. The maximum Gasteiger partial charge on any atom is 0.257 e. The molecule has 16 heavy (non-hydrogen) atoms. The van der Waals surface area contributed by atoms with Gasteiger partial charge in [-0.1, -0.05) is 0 Å². The summed E-state index contributed by atoms with van der Waals surface area (Å²) in [4.78, 5) is 29.6. The van der Waals surface area contributed by atoms with Crippen LogP contribution >= 0.6 is 11.8 Å². The van der Waals surface area contributed by atoms with Crippen molar-refractivity contribution >= 4 is 35.3 Å². The van der Waals surface area contributed by atoms with E-state index in [-0.39, 0.29) is 16.8 Å². The fraction of sp³-hybridized carbons (Fsp3) is 0.111. The molecule has 6 nitrogen and oxygen atoms in total. The van der Waals surface area contributed by atoms with E-state index in [2.05, 4.69) is 15.3 Å². The zero-order valence-corrected chi connectivity index (χ0v) is 9.32. The van der Waals surface area contributed by atoms with Crippen molar-refractivity contribution < 1.29 is 9.59 Å². The van der Waals surface area contributed by atoms with Crippen LogP contribution in [0.5, 0.6) is 0 Å². The maximum absolute atomic E-state index is 11.4. The van der Waals surface area contributed by atoms with Crippen molar-refractivity contribution in [3.05, 3.63) is 22.9 Å². The molecule has 1 rings (SSSR count). The molecule has 0 aliphatic heterocycles. The van der Waals surface area contributed by atoms with E-state index in [0.717, 1.165) is 11.8 Å². The van der Waals surface area contributed by atoms with Crippen LogP contribution in [0.3, 0.4) is 0 Å². The first-order valence-corrected chi connectivity index (χ1v) is 5.18. The molecule has 0 saturated carbocycles. The van der Waals surface area contributed by atoms with Gasteiger partial charge in [0.15, 0.2) is 5.62 Å². The Kier molecular flexibility index (Phi) is 4.46. The standard InChI is InChI=1S/C9H10N4O2S/c1-11-8(15)7(16-5-14)4-6-2-3-12-9(10)13-6/h2-5H,1H3,(H,11,15)(H2,10,12,13)/b7-4-. The number of nitrogens with zero attached hydrogens (tertiary/aromatic N) is 2. The Labute approximate surface area is 96.3 Å². The Balaban J connectivity index is 3.01. The first-order chi connectivity index (χ1) is 7.67. The number of anilines is 1. The lowest BCUT2D eigenvalue weighted by molar-refractivity contribution is -0.116. The molecule has 7 heteroatoms. The fourth-order valence-electron chi connectivity index (χ4n) is 0.931. The summed E-state index contributed by atoms with van der Waals surface area (Å²) in [7, 11) is 1.48. The van der Waals surface area contributed by atoms with Gasteiger partial charge in [0.05, 0.1) is 10.6 Å². The number of thioether (sulfide) groups is 1. The van der Waals surface area contributed by atoms with Crippen LogP contribution in [0.25, 0.3) is 6.08 Å². The monoisotopic (exact) mass is 238 g/mol. The lowest BCUT2D eigenvalue weighted by Crippen LogP contribution is -2.18. The molecule has 0 unspecified atom stereocenters. The molecule has 1 heterocycles. The van der Waals surface area contributed by atoms with Crippen molar-refractivity contribution in [2.45, 2.75) is 0 Å². The fourth-order valence-corrected chi connectivity index (χ4v) is 1.43. The number of rotatable bonds is 4. The van der Waals surface area contributed by atoms with Gasteiger partial charge in [-0.3, -0.25) is 9.59 Å². The molecular formula is C9H10N4O2S. The van der Waals surface area contributed by atoms with E-state index in [4.69, 9.17) is 5.73 Å². The molecule has 0 bridgehead atoms. The van der Waals surface area contributed by atoms with Gasteiger partial charge in [-0.05, 0) is 23.9 Å². The molecule has 0 atom stereocenters. The van der Waals surface area contributed by atoms with Gasteiger partial charge in [-0.25, -0.2) is 9.97 Å². The predicted molar refractivity (Wildman–Crippen MR) is 62.8 cm³/mol. The van der Waals surface area contributed by atoms with Gasteiger partial charge in [0.1, 0.15) is 0 Å². The van der Waals surface area contributed by atoms with Gasteiger partial charge in [0, 0.05) is 13.2 Å². The van der Waals surface area contributed by atoms with Gasteiger partial charge < -0.3 is 11.1 Å². The third-order valence-electron chi connectivity index (χ3n) is 1.60. The second-order valence-corrected chi connectivity index (χ2v) is 3.51. The van der Waals surface area contributed by atoms with Crippen molar-refractivity contribution in [2.24, 2.45) is 0 Å². The van der Waals surface area contributed by atoms with Crippen molar-refractivity contribution in [3.63, 3.8) is 0 Å². The van der Waals surface area contributed by atoms with Gasteiger partial charge in [0.2, 0.25) is 5.95 Å². The quantitative estimate of drug-likeness (QED) is 0.569. The van der Waals surface area contributed by atoms with Crippen molar-refractivity contribution in [1.82, 2.24) is 15.3 Å². The van der Waals surface area contributed by atoms with E-state index in [1.165, 1.54) is 19.3 Å². The molecule has 84 valence electrons. The summed E-state index contributed by atoms with van der Waals surface area (Å²) in [6.45, 7) is 0. The first kappa shape index (κ1) is 12.2. The average molecular weight is 238 g/mol. The van der Waals surface area contributed by atoms with Crippen molar-refractivity contribution in [2.75, 3.05) is 12.8 Å². The molecule has 1 amide bonds. The van der Waals surface area contributed by atoms with Gasteiger partial charge in [0.25, 0.3) is 5.91 Å². The minimum atomic E-state index is -0.353. The smallest absolute Gasteiger partial charge is 0.257 e. The van der Waals surface area contributed by atoms with Crippen LogP contribution in [-0.2, 0) is 9.59 Å². The summed E-state index contributed by atoms with van der Waals surface area (Å²) >= 11 is 0.777. The van der Waals surface area contributed by atoms with Crippen molar-refractivity contribution in [1.29, 1.82) is 0 Å². The minimum absolute atomic E-state index is 0.112. The highest BCUT2D eigenvalue weighted by Gasteiger charge is 2.08. The van der Waals surface area contributed by atoms with Crippen molar-refractivity contribution in [3.8, 4) is 0 Å². The Hall–Kier alpha value is -1.89. The molecule has 1 aromatic rings. The van der Waals surface area contributed by atoms with Crippen LogP contribution in [-0.4, -0.2) is 28.5 Å². The summed E-state index contributed by atoms with van der Waals surface area (Å²) in [6.07, 6.45) is 2.94. The van der Waals surface area contributed by atoms with E-state index in [1.807, 2.05) is 0 Å². The highest BCUT2D eigenvalue weighted by molar-refractivity contribution is 8.16. The molecule has 0 saturated heterocycles. The summed E-state index contributed by atoms with van der Waals surface area (Å²) in [5, 5.41) is 2.42. The number of nitrogens with one attached hydrogen (secondary N) is 1. The van der Waals surface area contributed by atoms with Gasteiger partial charge >= 0.3 is 0 Å². The van der Waals surface area contributed by atoms with E-state index in [0.29, 0.717) is 11.3 Å². The minimum Gasteiger partial charge on any atom is -0.368 e. The van der Waals surface area contributed by atoms with Crippen LogP contribution in [0.15, 0.2) is 17.2 Å². The normalized spacial score (nSPS) is 10.9. The lowest BCUT2D eigenvalue weighted by Gasteiger charge is -2.01. The third kappa shape index (κ3) is 3.35. The Morgan fingerprint density at radius 1 is 1.62 bits per heavy atom. The van der Waals surface area contributed by atoms with Gasteiger partial charge in [-0.2, -0.15) is 0 Å². The van der Waals surface area contributed by atoms with Crippen LogP contribution in [0.2, 0.25) is 0 Å². The van der Waals surface area contributed by atoms with Crippen LogP contribution < -0.4 is 11.1 Å². The van der Waals surface area contributed by atoms with E-state index in [1.54, 1.807) is 6.07 Å². The molecule has 0 radical (unpaired) electrons. The molecule has 1 aromatic heterocycles. The molecule has 0 aliphatic carbocycles. The predicted octanol–water partition coefficient (Wildman–Crippen LogP) is 0.0691. The summed E-state index contributed by atoms with van der Waals surface area (Å²) < 4.78 is 0. The number of hydrogen-bond donors (Lipinski definition) is 2. The molecule has 0 aromatic carbocycles. The zero-order chi connectivity index (χ0) is 12.0. The molecule has 0 fully saturated rings. The number of amides is 1. The summed E-state index contributed by atoms with van der Waals surface area (Å²) in [6, 6.07) is 1.59. The van der Waals surface area contributed by atoms with Crippen LogP contribution in [0.4, 0.5) is 5.95 Å². The number of carbonyl (C=O) groups is 2. The van der Waals surface area contributed by atoms with Gasteiger partial charge in [-0.15, -0.1) is 0 Å². The number of likely N-dealkylation sites (N-methyl/N-ethyl adjacent to an activating group) is 1. The van der Waals surface area contributed by atoms with Crippen LogP contribution in [0, 0.1) is 0 Å². The highest BCUT2D eigenvalue weighted by Crippen LogP contribution is 2.16. The third-order valence-corrected chi connectivity index (χ3v) is 2.25. The first-order valence-electron chi connectivity index (χ1n) is 4.30. The second kappa shape index (κ2) is 5.86. The van der Waals surface area contributed by atoms with Crippen LogP contribution in [0.1, 0.15) is 5.69 Å². The second-order valence-electron chi connectivity index (χ2n) is 2.64. The molecular weight excluding hydrogens is 228 g/mol. The largest absolute Gasteiger partial charge is 0.368 e. The number of aromatic nitrogens is 2. The number of nitrogens with two attached hydrogens (primary N) is 1. The van der Waals surface area contributed by atoms with E-state index < -0.39 is 0 Å². The number of carbonyl (C=O) groups excluding carboxylic acids is 2. The number of nitrogen functional groups attached to an aromatic ring is 1. The summed E-state index contributed by atoms with van der Waals surface area (Å²) in [5.41, 5.74) is 6.44. The Morgan fingerprint density at radius 3 is 2.94 bits per heavy atom. The lowest BCUT2D eigenvalue weighted by atomic mass is 10.3. The zero-order valence-electron chi connectivity index (χ0n) is 8.51. The Bertz CT molecular complexity index is 433. The maximum atomic E-state index is 11.4. The Morgan fingerprint density at radius 2 is 2.38 bits per heavy atom.